The number of alkyl halides is 2. The van der Waals surface area contributed by atoms with E-state index in [9.17, 15) is 23.5 Å². The number of amides is 2. The molecule has 1 saturated heterocycles. The van der Waals surface area contributed by atoms with E-state index in [0.29, 0.717) is 30.9 Å². The van der Waals surface area contributed by atoms with Crippen LogP contribution in [-0.4, -0.2) is 68.2 Å². The normalized spacial score (nSPS) is 19.9. The molecular weight excluding hydrogens is 462 g/mol. The number of halogens is 2. The first-order valence-corrected chi connectivity index (χ1v) is 11.2. The average molecular weight is 486 g/mol. The summed E-state index contributed by atoms with van der Waals surface area (Å²) in [6.07, 6.45) is 2.01. The molecule has 0 bridgehead atoms. The third-order valence-electron chi connectivity index (χ3n) is 6.39. The van der Waals surface area contributed by atoms with Crippen molar-refractivity contribution in [3.63, 3.8) is 0 Å². The van der Waals surface area contributed by atoms with Crippen LogP contribution in [0.15, 0.2) is 36.7 Å². The van der Waals surface area contributed by atoms with E-state index in [2.05, 4.69) is 19.4 Å². The van der Waals surface area contributed by atoms with Gasteiger partial charge in [0.15, 0.2) is 11.5 Å². The molecule has 1 aliphatic carbocycles. The minimum absolute atomic E-state index is 0.0618. The van der Waals surface area contributed by atoms with Crippen LogP contribution in [0.25, 0.3) is 6.08 Å². The number of piperazine rings is 1. The van der Waals surface area contributed by atoms with Gasteiger partial charge in [-0.05, 0) is 56.5 Å². The fraction of sp³-hybridized carbons (Fsp3) is 0.417. The summed E-state index contributed by atoms with van der Waals surface area (Å²) >= 11 is 0. The molecule has 0 unspecified atom stereocenters. The van der Waals surface area contributed by atoms with Gasteiger partial charge in [-0.1, -0.05) is 6.07 Å². The summed E-state index contributed by atoms with van der Waals surface area (Å²) in [5.41, 5.74) is -0.572. The number of rotatable bonds is 4. The molecule has 9 nitrogen and oxygen atoms in total. The second kappa shape index (κ2) is 7.98. The minimum Gasteiger partial charge on any atom is -0.395 e. The average Bonchev–Trinajstić information content (AvgIpc) is 3.48. The van der Waals surface area contributed by atoms with Crippen molar-refractivity contribution in [3.05, 3.63) is 53.6 Å². The SMILES string of the molecule is CC(C)(O)c1cc(C(=O)N2CCN(C(=O)/C=C/c3ccc4c(c3)OC(F)(F)O4)CC23CC3)ncn1. The molecule has 35 heavy (non-hydrogen) atoms. The van der Waals surface area contributed by atoms with Crippen molar-refractivity contribution < 1.29 is 33.0 Å². The standard InChI is InChI=1S/C24H24F2N4O5/c1-22(2,33)19-12-16(27-14-28-19)21(32)30-10-9-29(13-23(30)7-8-23)20(31)6-4-15-3-5-17-18(11-15)35-24(25,26)34-17/h3-6,11-12,14,33H,7-10,13H2,1-2H3/b6-4+. The number of nitrogens with zero attached hydrogens (tertiary/aromatic N) is 4. The maximum Gasteiger partial charge on any atom is 0.586 e. The molecule has 1 saturated carbocycles. The van der Waals surface area contributed by atoms with Gasteiger partial charge in [0.05, 0.1) is 11.2 Å². The van der Waals surface area contributed by atoms with Gasteiger partial charge < -0.3 is 24.4 Å². The summed E-state index contributed by atoms with van der Waals surface area (Å²) in [5, 5.41) is 10.2. The number of carbonyl (C=O) groups excluding carboxylic acids is 2. The Hall–Kier alpha value is -3.60. The number of fused-ring (bicyclic) bond motifs is 1. The highest BCUT2D eigenvalue weighted by Crippen LogP contribution is 2.45. The van der Waals surface area contributed by atoms with Gasteiger partial charge in [-0.2, -0.15) is 0 Å². The molecule has 1 spiro atoms. The predicted octanol–water partition coefficient (Wildman–Crippen LogP) is 2.56. The summed E-state index contributed by atoms with van der Waals surface area (Å²) in [7, 11) is 0. The Morgan fingerprint density at radius 3 is 2.57 bits per heavy atom. The van der Waals surface area contributed by atoms with Crippen molar-refractivity contribution in [2.24, 2.45) is 0 Å². The Kier molecular flexibility index (Phi) is 5.28. The van der Waals surface area contributed by atoms with Crippen molar-refractivity contribution in [3.8, 4) is 11.5 Å². The van der Waals surface area contributed by atoms with Crippen LogP contribution < -0.4 is 9.47 Å². The highest BCUT2D eigenvalue weighted by atomic mass is 19.3. The van der Waals surface area contributed by atoms with Gasteiger partial charge in [-0.15, -0.1) is 8.78 Å². The molecule has 184 valence electrons. The van der Waals surface area contributed by atoms with E-state index < -0.39 is 17.4 Å². The molecule has 1 aromatic heterocycles. The second-order valence-electron chi connectivity index (χ2n) is 9.50. The molecule has 5 rings (SSSR count). The fourth-order valence-corrected chi connectivity index (χ4v) is 4.34. The molecule has 3 aliphatic rings. The molecular formula is C24H24F2N4O5. The first kappa shape index (κ1) is 23.2. The number of carbonyl (C=O) groups is 2. The molecule has 2 fully saturated rings. The van der Waals surface area contributed by atoms with Gasteiger partial charge in [-0.25, -0.2) is 9.97 Å². The van der Waals surface area contributed by atoms with E-state index in [4.69, 9.17) is 0 Å². The second-order valence-corrected chi connectivity index (χ2v) is 9.50. The Morgan fingerprint density at radius 1 is 1.11 bits per heavy atom. The first-order valence-electron chi connectivity index (χ1n) is 11.2. The molecule has 0 atom stereocenters. The van der Waals surface area contributed by atoms with Crippen molar-refractivity contribution in [2.45, 2.75) is 44.1 Å². The Balaban J connectivity index is 1.25. The van der Waals surface area contributed by atoms with Gasteiger partial charge in [-0.3, -0.25) is 9.59 Å². The molecule has 2 aromatic rings. The molecule has 3 heterocycles. The summed E-state index contributed by atoms with van der Waals surface area (Å²) in [5.74, 6) is -0.646. The number of aromatic nitrogens is 2. The lowest BCUT2D eigenvalue weighted by molar-refractivity contribution is -0.286. The van der Waals surface area contributed by atoms with Crippen LogP contribution in [0.4, 0.5) is 8.78 Å². The van der Waals surface area contributed by atoms with Gasteiger partial charge in [0.1, 0.15) is 17.6 Å². The van der Waals surface area contributed by atoms with Gasteiger partial charge in [0.25, 0.3) is 5.91 Å². The highest BCUT2D eigenvalue weighted by Gasteiger charge is 2.54. The molecule has 2 amide bonds. The maximum absolute atomic E-state index is 13.2. The number of hydrogen-bond donors (Lipinski definition) is 1. The van der Waals surface area contributed by atoms with Gasteiger partial charge >= 0.3 is 6.29 Å². The Bertz CT molecular complexity index is 1220. The minimum atomic E-state index is -3.70. The summed E-state index contributed by atoms with van der Waals surface area (Å²) in [4.78, 5) is 37.6. The summed E-state index contributed by atoms with van der Waals surface area (Å²) in [6.45, 7) is 4.25. The third-order valence-corrected chi connectivity index (χ3v) is 6.39. The Morgan fingerprint density at radius 2 is 1.86 bits per heavy atom. The van der Waals surface area contributed by atoms with Crippen molar-refractivity contribution >= 4 is 17.9 Å². The molecule has 2 aliphatic heterocycles. The van der Waals surface area contributed by atoms with E-state index >= 15 is 0 Å². The maximum atomic E-state index is 13.2. The van der Waals surface area contributed by atoms with Gasteiger partial charge in [0.2, 0.25) is 5.91 Å². The lowest BCUT2D eigenvalue weighted by atomic mass is 10.0. The zero-order valence-electron chi connectivity index (χ0n) is 19.2. The number of hydrogen-bond acceptors (Lipinski definition) is 7. The van der Waals surface area contributed by atoms with E-state index in [1.54, 1.807) is 29.7 Å². The van der Waals surface area contributed by atoms with Crippen molar-refractivity contribution in [1.29, 1.82) is 0 Å². The summed E-state index contributed by atoms with van der Waals surface area (Å²) in [6, 6.07) is 5.79. The van der Waals surface area contributed by atoms with E-state index in [0.717, 1.165) is 12.8 Å². The van der Waals surface area contributed by atoms with Crippen molar-refractivity contribution in [2.75, 3.05) is 19.6 Å². The van der Waals surface area contributed by atoms with Crippen LogP contribution in [-0.2, 0) is 10.4 Å². The monoisotopic (exact) mass is 486 g/mol. The fourth-order valence-electron chi connectivity index (χ4n) is 4.34. The topological polar surface area (TPSA) is 105 Å². The molecule has 0 radical (unpaired) electrons. The molecule has 1 N–H and O–H groups in total. The predicted molar refractivity (Wildman–Crippen MR) is 119 cm³/mol. The Labute approximate surface area is 200 Å². The van der Waals surface area contributed by atoms with Crippen LogP contribution in [0.1, 0.15) is 48.4 Å². The third kappa shape index (κ3) is 4.55. The zero-order chi connectivity index (χ0) is 25.0. The smallest absolute Gasteiger partial charge is 0.395 e. The number of benzene rings is 1. The lowest BCUT2D eigenvalue weighted by Crippen LogP contribution is -2.58. The number of ether oxygens (including phenoxy) is 2. The lowest BCUT2D eigenvalue weighted by Gasteiger charge is -2.41. The van der Waals surface area contributed by atoms with Crippen molar-refractivity contribution in [1.82, 2.24) is 19.8 Å². The molecule has 11 heteroatoms. The van der Waals surface area contributed by atoms with E-state index in [-0.39, 0.29) is 29.0 Å². The largest absolute Gasteiger partial charge is 0.586 e. The first-order chi connectivity index (χ1) is 16.5. The number of aliphatic hydroxyl groups is 1. The van der Waals surface area contributed by atoms with Crippen LogP contribution in [0.5, 0.6) is 11.5 Å². The van der Waals surface area contributed by atoms with Gasteiger partial charge in [0, 0.05) is 25.7 Å². The van der Waals surface area contributed by atoms with Crippen LogP contribution in [0.2, 0.25) is 0 Å². The van der Waals surface area contributed by atoms with E-state index in [1.165, 1.54) is 36.7 Å². The zero-order valence-corrected chi connectivity index (χ0v) is 19.2. The highest BCUT2D eigenvalue weighted by molar-refractivity contribution is 5.95. The van der Waals surface area contributed by atoms with Crippen LogP contribution in [0, 0.1) is 0 Å². The van der Waals surface area contributed by atoms with Crippen LogP contribution >= 0.6 is 0 Å². The van der Waals surface area contributed by atoms with Crippen LogP contribution in [0.3, 0.4) is 0 Å². The summed E-state index contributed by atoms with van der Waals surface area (Å²) < 4.78 is 35.2. The molecule has 1 aromatic carbocycles. The quantitative estimate of drug-likeness (QED) is 0.663. The van der Waals surface area contributed by atoms with E-state index in [1.807, 2.05) is 0 Å².